The Morgan fingerprint density at radius 2 is 1.07 bits per heavy atom. The van der Waals surface area contributed by atoms with Crippen LogP contribution in [0, 0.1) is 54.7 Å². The highest BCUT2D eigenvalue weighted by Gasteiger charge is 2.41. The molecule has 16 nitrogen and oxygen atoms in total. The molecule has 2 aromatic carbocycles. The molecule has 0 radical (unpaired) electrons. The van der Waals surface area contributed by atoms with Gasteiger partial charge in [-0.1, -0.05) is 13.8 Å². The average Bonchev–Trinajstić information content (AvgIpc) is 3.31. The highest BCUT2D eigenvalue weighted by atomic mass is 32.2. The summed E-state index contributed by atoms with van der Waals surface area (Å²) in [5.74, 6) is 1.95. The van der Waals surface area contributed by atoms with Crippen LogP contribution in [0.25, 0.3) is 16.7 Å². The first kappa shape index (κ1) is 36.2. The van der Waals surface area contributed by atoms with Gasteiger partial charge in [-0.15, -0.1) is 0 Å². The van der Waals surface area contributed by atoms with Crippen molar-refractivity contribution in [1.82, 2.24) is 10.6 Å². The first-order valence-corrected chi connectivity index (χ1v) is 17.0. The van der Waals surface area contributed by atoms with Crippen molar-refractivity contribution in [2.45, 2.75) is 49.3 Å². The Labute approximate surface area is 265 Å². The minimum atomic E-state index is -5.05. The lowest BCUT2D eigenvalue weighted by atomic mass is 9.99. The van der Waals surface area contributed by atoms with E-state index < -0.39 is 84.6 Å². The van der Waals surface area contributed by atoms with Gasteiger partial charge in [-0.2, -0.15) is 27.4 Å². The standard InChI is InChI=1S/C16H6N4O10S2.2C6H13N/c17-5-7(6-18)14-10-1-8(31(25,26)27)3-12(19(21)22)15(10)16-11(14)2-9(32(28,29)30)4-13(16)20(23)24;2*1-6-2-4-7-5-3-6/h1-4H,(H,25,26,27)(H,28,29,30);2*6-7H,2-5H2,1H3. The fraction of sp³-hybridized carbons (Fsp3) is 0.429. The van der Waals surface area contributed by atoms with Gasteiger partial charge in [0, 0.05) is 28.8 Å². The summed E-state index contributed by atoms with van der Waals surface area (Å²) in [5, 5.41) is 48.6. The third kappa shape index (κ3) is 8.49. The topological polar surface area (TPSA) is 267 Å². The van der Waals surface area contributed by atoms with Crippen molar-refractivity contribution < 1.29 is 35.8 Å². The molecule has 0 amide bonds. The van der Waals surface area contributed by atoms with Crippen molar-refractivity contribution in [2.75, 3.05) is 26.2 Å². The molecule has 2 fully saturated rings. The number of nitrogens with one attached hydrogen (secondary N) is 2. The van der Waals surface area contributed by atoms with Crippen molar-refractivity contribution >= 4 is 37.2 Å². The number of piperidine rings is 2. The van der Waals surface area contributed by atoms with Crippen molar-refractivity contribution in [1.29, 1.82) is 10.5 Å². The molecule has 18 heteroatoms. The van der Waals surface area contributed by atoms with Crippen molar-refractivity contribution in [2.24, 2.45) is 11.8 Å². The first-order chi connectivity index (χ1) is 21.5. The van der Waals surface area contributed by atoms with Crippen LogP contribution in [0.2, 0.25) is 0 Å². The number of fused-ring (bicyclic) bond motifs is 3. The normalized spacial score (nSPS) is 16.3. The summed E-state index contributed by atoms with van der Waals surface area (Å²) >= 11 is 0. The highest BCUT2D eigenvalue weighted by molar-refractivity contribution is 7.86. The largest absolute Gasteiger partial charge is 0.317 e. The molecule has 4 N–H and O–H groups in total. The molecule has 3 aliphatic rings. The molecule has 246 valence electrons. The number of nitrogens with zero attached hydrogens (tertiary/aromatic N) is 4. The number of nitro benzene ring substituents is 2. The van der Waals surface area contributed by atoms with E-state index in [-0.39, 0.29) is 0 Å². The lowest BCUT2D eigenvalue weighted by molar-refractivity contribution is -0.386. The Bertz CT molecular complexity index is 1730. The summed E-state index contributed by atoms with van der Waals surface area (Å²) in [6.45, 7) is 9.59. The molecular formula is C28H32N6O10S2. The number of nitro groups is 2. The molecule has 2 aromatic rings. The fourth-order valence-corrected chi connectivity index (χ4v) is 6.25. The lowest BCUT2D eigenvalue weighted by Crippen LogP contribution is -2.26. The van der Waals surface area contributed by atoms with E-state index in [1.807, 2.05) is 0 Å². The molecule has 0 atom stereocenters. The van der Waals surface area contributed by atoms with E-state index in [0.717, 1.165) is 11.8 Å². The van der Waals surface area contributed by atoms with Gasteiger partial charge in [0.1, 0.15) is 27.5 Å². The van der Waals surface area contributed by atoms with Gasteiger partial charge in [0.05, 0.1) is 21.0 Å². The van der Waals surface area contributed by atoms with E-state index in [2.05, 4.69) is 24.5 Å². The Morgan fingerprint density at radius 1 is 0.739 bits per heavy atom. The predicted molar refractivity (Wildman–Crippen MR) is 165 cm³/mol. The lowest BCUT2D eigenvalue weighted by Gasteiger charge is -2.17. The molecule has 5 rings (SSSR count). The second-order valence-electron chi connectivity index (χ2n) is 11.0. The number of hydrogen-bond acceptors (Lipinski definition) is 12. The van der Waals surface area contributed by atoms with Crippen molar-refractivity contribution in [3.8, 4) is 23.3 Å². The first-order valence-electron chi connectivity index (χ1n) is 14.1. The highest BCUT2D eigenvalue weighted by Crippen LogP contribution is 2.54. The summed E-state index contributed by atoms with van der Waals surface area (Å²) in [6, 6.07) is 5.02. The molecule has 0 aromatic heterocycles. The number of nitriles is 2. The van der Waals surface area contributed by atoms with Crippen LogP contribution in [0.15, 0.2) is 39.6 Å². The summed E-state index contributed by atoms with van der Waals surface area (Å²) in [4.78, 5) is 19.1. The molecule has 2 aliphatic heterocycles. The van der Waals surface area contributed by atoms with E-state index in [9.17, 15) is 56.7 Å². The van der Waals surface area contributed by atoms with E-state index in [4.69, 9.17) is 0 Å². The molecular weight excluding hydrogens is 644 g/mol. The van der Waals surface area contributed by atoms with Crippen LogP contribution in [0.1, 0.15) is 50.7 Å². The van der Waals surface area contributed by atoms with Gasteiger partial charge >= 0.3 is 0 Å². The van der Waals surface area contributed by atoms with Gasteiger partial charge in [-0.3, -0.25) is 29.3 Å². The van der Waals surface area contributed by atoms with Crippen LogP contribution in [0.3, 0.4) is 0 Å². The zero-order valence-electron chi connectivity index (χ0n) is 24.9. The van der Waals surface area contributed by atoms with E-state index >= 15 is 0 Å². The third-order valence-electron chi connectivity index (χ3n) is 7.69. The number of allylic oxidation sites excluding steroid dienone is 1. The second-order valence-corrected chi connectivity index (χ2v) is 13.9. The van der Waals surface area contributed by atoms with Crippen LogP contribution in [-0.4, -0.2) is 62.0 Å². The van der Waals surface area contributed by atoms with Crippen LogP contribution in [0.5, 0.6) is 0 Å². The fourth-order valence-electron chi connectivity index (χ4n) is 5.19. The van der Waals surface area contributed by atoms with Crippen molar-refractivity contribution in [3.63, 3.8) is 0 Å². The van der Waals surface area contributed by atoms with E-state index in [1.54, 1.807) is 0 Å². The summed E-state index contributed by atoms with van der Waals surface area (Å²) in [6.07, 6.45) is 5.50. The molecule has 2 heterocycles. The Morgan fingerprint density at radius 3 is 1.28 bits per heavy atom. The van der Waals surface area contributed by atoms with E-state index in [0.29, 0.717) is 24.3 Å². The van der Waals surface area contributed by atoms with Gasteiger partial charge in [0.25, 0.3) is 31.6 Å². The minimum Gasteiger partial charge on any atom is -0.317 e. The quantitative estimate of drug-likeness (QED) is 0.132. The maximum absolute atomic E-state index is 11.6. The van der Waals surface area contributed by atoms with Crippen LogP contribution in [0.4, 0.5) is 11.4 Å². The van der Waals surface area contributed by atoms with Crippen LogP contribution < -0.4 is 10.6 Å². The third-order valence-corrected chi connectivity index (χ3v) is 9.35. The second kappa shape index (κ2) is 14.9. The zero-order chi connectivity index (χ0) is 34.4. The van der Waals surface area contributed by atoms with Gasteiger partial charge in [0.15, 0.2) is 0 Å². The predicted octanol–water partition coefficient (Wildman–Crippen LogP) is 3.84. The minimum absolute atomic E-state index is 0.416. The molecule has 2 saturated heterocycles. The summed E-state index contributed by atoms with van der Waals surface area (Å²) < 4.78 is 65.2. The molecule has 0 spiro atoms. The summed E-state index contributed by atoms with van der Waals surface area (Å²) in [5.41, 5.74) is -5.62. The molecule has 1 aliphatic carbocycles. The smallest absolute Gasteiger partial charge is 0.294 e. The number of benzene rings is 2. The molecule has 0 unspecified atom stereocenters. The van der Waals surface area contributed by atoms with E-state index in [1.165, 1.54) is 64.0 Å². The SMILES string of the molecule is CC1CCNCC1.CC1CCNCC1.N#CC(C#N)=C1c2cc(S(=O)(=O)O)cc([N+](=O)[O-])c2-c2c1cc(S(=O)(=O)O)cc2[N+](=O)[O-]. The maximum atomic E-state index is 11.6. The monoisotopic (exact) mass is 676 g/mol. The van der Waals surface area contributed by atoms with Gasteiger partial charge in [-0.05, 0) is 75.8 Å². The van der Waals surface area contributed by atoms with Crippen molar-refractivity contribution in [3.05, 3.63) is 61.2 Å². The molecule has 46 heavy (non-hydrogen) atoms. The van der Waals surface area contributed by atoms with Gasteiger partial charge < -0.3 is 10.6 Å². The van der Waals surface area contributed by atoms with Gasteiger partial charge in [0.2, 0.25) is 0 Å². The van der Waals surface area contributed by atoms with Gasteiger partial charge in [-0.25, -0.2) is 0 Å². The molecule has 0 saturated carbocycles. The molecule has 0 bridgehead atoms. The Hall–Kier alpha value is -4.30. The number of hydrogen-bond donors (Lipinski definition) is 4. The maximum Gasteiger partial charge on any atom is 0.294 e. The average molecular weight is 677 g/mol. The van der Waals surface area contributed by atoms with Crippen LogP contribution >= 0.6 is 0 Å². The Balaban J connectivity index is 0.000000335. The number of rotatable bonds is 4. The zero-order valence-corrected chi connectivity index (χ0v) is 26.5. The van der Waals surface area contributed by atoms with Crippen LogP contribution in [-0.2, 0) is 20.2 Å². The summed E-state index contributed by atoms with van der Waals surface area (Å²) in [7, 11) is -10.1. The Kier molecular flexibility index (Phi) is 11.7.